The molecule has 1 fully saturated rings. The third-order valence-electron chi connectivity index (χ3n) is 5.08. The van der Waals surface area contributed by atoms with Gasteiger partial charge in [-0.25, -0.2) is 9.79 Å². The standard InChI is InChI=1S/C19H24F3N3O4S/c1-17(2,3)25(16(26)27)15-24-18(6-7-28-9-11(18)10-30-15)13-8-12(23)4-5-14(13)29-19(20,21)22/h4-5,8,11H,6-7,9-10,23H2,1-3H3,(H,26,27). The second-order valence-corrected chi connectivity index (χ2v) is 9.23. The fourth-order valence-corrected chi connectivity index (χ4v) is 5.22. The first kappa shape index (κ1) is 22.5. The van der Waals surface area contributed by atoms with Gasteiger partial charge in [0.1, 0.15) is 11.3 Å². The number of carboxylic acid groups (broad SMARTS) is 1. The number of hydrogen-bond acceptors (Lipinski definition) is 6. The molecule has 3 N–H and O–H groups in total. The summed E-state index contributed by atoms with van der Waals surface area (Å²) in [6.07, 6.45) is -5.80. The molecule has 11 heteroatoms. The molecule has 2 unspecified atom stereocenters. The zero-order valence-corrected chi connectivity index (χ0v) is 17.6. The fourth-order valence-electron chi connectivity index (χ4n) is 3.79. The molecule has 1 saturated heterocycles. The number of fused-ring (bicyclic) bond motifs is 1. The summed E-state index contributed by atoms with van der Waals surface area (Å²) in [5.74, 6) is -0.233. The van der Waals surface area contributed by atoms with Crippen LogP contribution in [0, 0.1) is 5.92 Å². The number of ether oxygens (including phenoxy) is 2. The molecule has 0 radical (unpaired) electrons. The highest BCUT2D eigenvalue weighted by atomic mass is 32.2. The van der Waals surface area contributed by atoms with Crippen LogP contribution in [-0.2, 0) is 10.3 Å². The Morgan fingerprint density at radius 3 is 2.70 bits per heavy atom. The average Bonchev–Trinajstić information content (AvgIpc) is 2.60. The third-order valence-corrected chi connectivity index (χ3v) is 6.18. The van der Waals surface area contributed by atoms with Gasteiger partial charge in [0, 0.05) is 41.5 Å². The highest BCUT2D eigenvalue weighted by Crippen LogP contribution is 2.50. The minimum Gasteiger partial charge on any atom is -0.465 e. The molecule has 0 saturated carbocycles. The van der Waals surface area contributed by atoms with E-state index in [1.54, 1.807) is 20.8 Å². The molecule has 1 amide bonds. The molecular formula is C19H24F3N3O4S. The van der Waals surface area contributed by atoms with Crippen molar-refractivity contribution in [2.24, 2.45) is 10.9 Å². The summed E-state index contributed by atoms with van der Waals surface area (Å²) < 4.78 is 49.1. The van der Waals surface area contributed by atoms with Gasteiger partial charge in [-0.2, -0.15) is 0 Å². The Balaban J connectivity index is 2.20. The van der Waals surface area contributed by atoms with Gasteiger partial charge in [-0.05, 0) is 39.0 Å². The van der Waals surface area contributed by atoms with Gasteiger partial charge in [-0.3, -0.25) is 4.90 Å². The van der Waals surface area contributed by atoms with Crippen LogP contribution in [0.5, 0.6) is 5.75 Å². The Bertz CT molecular complexity index is 856. The molecule has 0 spiro atoms. The molecule has 2 aliphatic heterocycles. The Morgan fingerprint density at radius 1 is 1.40 bits per heavy atom. The zero-order chi connectivity index (χ0) is 22.3. The lowest BCUT2D eigenvalue weighted by atomic mass is 9.75. The number of halogens is 3. The van der Waals surface area contributed by atoms with Gasteiger partial charge in [0.15, 0.2) is 5.17 Å². The summed E-state index contributed by atoms with van der Waals surface area (Å²) in [4.78, 5) is 17.9. The van der Waals surface area contributed by atoms with Gasteiger partial charge < -0.3 is 20.3 Å². The second kappa shape index (κ2) is 7.84. The van der Waals surface area contributed by atoms with Crippen molar-refractivity contribution in [3.63, 3.8) is 0 Å². The number of hydrogen-bond donors (Lipinski definition) is 2. The van der Waals surface area contributed by atoms with E-state index in [0.29, 0.717) is 5.75 Å². The number of alkyl halides is 3. The summed E-state index contributed by atoms with van der Waals surface area (Å²) in [6.45, 7) is 5.73. The molecule has 0 aliphatic carbocycles. The summed E-state index contributed by atoms with van der Waals surface area (Å²) in [5.41, 5.74) is 4.41. The number of nitrogen functional groups attached to an aromatic ring is 1. The number of anilines is 1. The lowest BCUT2D eigenvalue weighted by Gasteiger charge is -2.46. The first-order chi connectivity index (χ1) is 13.8. The van der Waals surface area contributed by atoms with Crippen molar-refractivity contribution in [3.8, 4) is 5.75 Å². The predicted molar refractivity (Wildman–Crippen MR) is 108 cm³/mol. The quantitative estimate of drug-likeness (QED) is 0.657. The molecule has 3 rings (SSSR count). The summed E-state index contributed by atoms with van der Waals surface area (Å²) >= 11 is 1.25. The number of benzene rings is 1. The van der Waals surface area contributed by atoms with Crippen LogP contribution >= 0.6 is 11.8 Å². The monoisotopic (exact) mass is 447 g/mol. The number of aliphatic imine (C=N–C) groups is 1. The number of amidine groups is 1. The molecule has 1 aromatic rings. The maximum absolute atomic E-state index is 13.1. The van der Waals surface area contributed by atoms with Crippen molar-refractivity contribution in [1.82, 2.24) is 4.90 Å². The van der Waals surface area contributed by atoms with Crippen LogP contribution < -0.4 is 10.5 Å². The maximum atomic E-state index is 13.1. The van der Waals surface area contributed by atoms with Crippen LogP contribution in [0.15, 0.2) is 23.2 Å². The van der Waals surface area contributed by atoms with E-state index in [9.17, 15) is 23.1 Å². The van der Waals surface area contributed by atoms with Crippen LogP contribution in [0.25, 0.3) is 0 Å². The third kappa shape index (κ3) is 4.46. The molecule has 7 nitrogen and oxygen atoms in total. The van der Waals surface area contributed by atoms with Crippen LogP contribution in [-0.4, -0.2) is 52.1 Å². The van der Waals surface area contributed by atoms with E-state index in [4.69, 9.17) is 15.5 Å². The van der Waals surface area contributed by atoms with Gasteiger partial charge >= 0.3 is 12.5 Å². The van der Waals surface area contributed by atoms with Gasteiger partial charge in [-0.15, -0.1) is 13.2 Å². The number of nitrogens with zero attached hydrogens (tertiary/aromatic N) is 2. The van der Waals surface area contributed by atoms with E-state index in [1.807, 2.05) is 0 Å². The van der Waals surface area contributed by atoms with Crippen LogP contribution in [0.1, 0.15) is 32.8 Å². The van der Waals surface area contributed by atoms with E-state index >= 15 is 0 Å². The summed E-state index contributed by atoms with van der Waals surface area (Å²) in [5, 5.41) is 10.0. The molecule has 2 heterocycles. The molecule has 166 valence electrons. The van der Waals surface area contributed by atoms with Gasteiger partial charge in [0.05, 0.1) is 6.61 Å². The number of nitrogens with two attached hydrogens (primary N) is 1. The Hall–Kier alpha value is -2.14. The first-order valence-electron chi connectivity index (χ1n) is 9.33. The van der Waals surface area contributed by atoms with Crippen molar-refractivity contribution in [1.29, 1.82) is 0 Å². The highest BCUT2D eigenvalue weighted by Gasteiger charge is 2.50. The number of rotatable bonds is 2. The number of amides is 1. The van der Waals surface area contributed by atoms with Crippen molar-refractivity contribution in [2.75, 3.05) is 24.7 Å². The largest absolute Gasteiger partial charge is 0.573 e. The van der Waals surface area contributed by atoms with E-state index in [0.717, 1.165) is 4.90 Å². The number of thioether (sulfide) groups is 1. The molecule has 1 aromatic carbocycles. The molecule has 2 atom stereocenters. The van der Waals surface area contributed by atoms with Crippen LogP contribution in [0.3, 0.4) is 0 Å². The van der Waals surface area contributed by atoms with E-state index < -0.39 is 29.3 Å². The zero-order valence-electron chi connectivity index (χ0n) is 16.8. The van der Waals surface area contributed by atoms with Crippen molar-refractivity contribution >= 4 is 28.7 Å². The van der Waals surface area contributed by atoms with Gasteiger partial charge in [0.2, 0.25) is 0 Å². The van der Waals surface area contributed by atoms with E-state index in [1.165, 1.54) is 30.0 Å². The molecule has 2 aliphatic rings. The van der Waals surface area contributed by atoms with Crippen LogP contribution in [0.2, 0.25) is 0 Å². The minimum absolute atomic E-state index is 0.185. The smallest absolute Gasteiger partial charge is 0.465 e. The fraction of sp³-hybridized carbons (Fsp3) is 0.579. The first-order valence-corrected chi connectivity index (χ1v) is 10.3. The van der Waals surface area contributed by atoms with Crippen molar-refractivity contribution in [3.05, 3.63) is 23.8 Å². The molecular weight excluding hydrogens is 423 g/mol. The number of carbonyl (C=O) groups is 1. The molecule has 0 bridgehead atoms. The minimum atomic E-state index is -4.89. The maximum Gasteiger partial charge on any atom is 0.573 e. The van der Waals surface area contributed by atoms with Crippen molar-refractivity contribution in [2.45, 2.75) is 44.6 Å². The van der Waals surface area contributed by atoms with E-state index in [2.05, 4.69) is 4.74 Å². The second-order valence-electron chi connectivity index (χ2n) is 8.24. The lowest BCUT2D eigenvalue weighted by molar-refractivity contribution is -0.275. The normalized spacial score (nSPS) is 24.6. The van der Waals surface area contributed by atoms with Gasteiger partial charge in [-0.1, -0.05) is 11.8 Å². The summed E-state index contributed by atoms with van der Waals surface area (Å²) in [7, 11) is 0. The van der Waals surface area contributed by atoms with Crippen molar-refractivity contribution < 1.29 is 32.5 Å². The van der Waals surface area contributed by atoms with Gasteiger partial charge in [0.25, 0.3) is 0 Å². The Labute approximate surface area is 176 Å². The predicted octanol–water partition coefficient (Wildman–Crippen LogP) is 4.28. The Kier molecular flexibility index (Phi) is 5.89. The SMILES string of the molecule is CC(C)(C)N(C(=O)O)C1=NC2(c3cc(N)ccc3OC(F)(F)F)CCOCC2CS1. The average molecular weight is 447 g/mol. The molecule has 30 heavy (non-hydrogen) atoms. The highest BCUT2D eigenvalue weighted by molar-refractivity contribution is 8.13. The van der Waals surface area contributed by atoms with E-state index in [-0.39, 0.29) is 42.0 Å². The lowest BCUT2D eigenvalue weighted by Crippen LogP contribution is -2.53. The molecule has 0 aromatic heterocycles. The van der Waals surface area contributed by atoms with Crippen LogP contribution in [0.4, 0.5) is 23.7 Å². The Morgan fingerprint density at radius 2 is 2.10 bits per heavy atom. The topological polar surface area (TPSA) is 97.4 Å². The summed E-state index contributed by atoms with van der Waals surface area (Å²) in [6, 6.07) is 3.93.